The number of alkyl halides is 3. The molecule has 0 aromatic heterocycles. The Balaban J connectivity index is 3.24. The SMILES string of the molecule is CC(C)(CO)[C@H](N)c1cc(C(F)(F)F)ccc1Cl. The lowest BCUT2D eigenvalue weighted by atomic mass is 9.81. The van der Waals surface area contributed by atoms with Gasteiger partial charge in [0.2, 0.25) is 0 Å². The second-order valence-electron chi connectivity index (χ2n) is 4.86. The highest BCUT2D eigenvalue weighted by Gasteiger charge is 2.34. The molecule has 0 saturated heterocycles. The van der Waals surface area contributed by atoms with Crippen molar-refractivity contribution in [1.82, 2.24) is 0 Å². The number of rotatable bonds is 3. The van der Waals surface area contributed by atoms with Crippen molar-refractivity contribution in [1.29, 1.82) is 0 Å². The van der Waals surface area contributed by atoms with Crippen LogP contribution in [0, 0.1) is 5.41 Å². The van der Waals surface area contributed by atoms with Gasteiger partial charge in [0.1, 0.15) is 0 Å². The van der Waals surface area contributed by atoms with Gasteiger partial charge in [-0.05, 0) is 23.8 Å². The summed E-state index contributed by atoms with van der Waals surface area (Å²) in [7, 11) is 0. The molecule has 0 saturated carbocycles. The summed E-state index contributed by atoms with van der Waals surface area (Å²) in [5, 5.41) is 9.36. The zero-order valence-electron chi connectivity index (χ0n) is 10.1. The molecule has 1 atom stereocenters. The topological polar surface area (TPSA) is 46.2 Å². The Morgan fingerprint density at radius 2 is 1.89 bits per heavy atom. The van der Waals surface area contributed by atoms with E-state index in [9.17, 15) is 18.3 Å². The van der Waals surface area contributed by atoms with Crippen LogP contribution >= 0.6 is 11.6 Å². The fourth-order valence-electron chi connectivity index (χ4n) is 1.48. The molecule has 0 aliphatic carbocycles. The van der Waals surface area contributed by atoms with Gasteiger partial charge in [-0.2, -0.15) is 13.2 Å². The standard InChI is InChI=1S/C12H15ClF3NO/c1-11(2,6-18)10(17)8-5-7(12(14,15)16)3-4-9(8)13/h3-5,10,18H,6,17H2,1-2H3/t10-/m1/s1. The minimum absolute atomic E-state index is 0.164. The third-order valence-corrected chi connectivity index (χ3v) is 3.25. The number of benzene rings is 1. The van der Waals surface area contributed by atoms with Gasteiger partial charge < -0.3 is 10.8 Å². The van der Waals surface area contributed by atoms with Gasteiger partial charge in [-0.25, -0.2) is 0 Å². The fraction of sp³-hybridized carbons (Fsp3) is 0.500. The van der Waals surface area contributed by atoms with Crippen molar-refractivity contribution in [2.24, 2.45) is 11.1 Å². The molecule has 0 amide bonds. The van der Waals surface area contributed by atoms with Crippen molar-refractivity contribution in [3.8, 4) is 0 Å². The maximum Gasteiger partial charge on any atom is 0.416 e. The third-order valence-electron chi connectivity index (χ3n) is 2.91. The van der Waals surface area contributed by atoms with E-state index in [0.717, 1.165) is 12.1 Å². The van der Waals surface area contributed by atoms with Crippen LogP contribution in [0.2, 0.25) is 5.02 Å². The van der Waals surface area contributed by atoms with Crippen LogP contribution in [-0.4, -0.2) is 11.7 Å². The predicted octanol–water partition coefficient (Wildman–Crippen LogP) is 3.38. The Morgan fingerprint density at radius 1 is 1.33 bits per heavy atom. The van der Waals surface area contributed by atoms with Crippen LogP contribution in [0.5, 0.6) is 0 Å². The highest BCUT2D eigenvalue weighted by Crippen LogP contribution is 2.38. The molecule has 1 aromatic rings. The van der Waals surface area contributed by atoms with Crippen LogP contribution < -0.4 is 5.73 Å². The summed E-state index contributed by atoms with van der Waals surface area (Å²) < 4.78 is 37.8. The van der Waals surface area contributed by atoms with Gasteiger partial charge in [0, 0.05) is 23.1 Å². The quantitative estimate of drug-likeness (QED) is 0.892. The van der Waals surface area contributed by atoms with E-state index in [1.165, 1.54) is 6.07 Å². The minimum Gasteiger partial charge on any atom is -0.396 e. The molecule has 2 nitrogen and oxygen atoms in total. The first-order valence-electron chi connectivity index (χ1n) is 5.32. The molecule has 18 heavy (non-hydrogen) atoms. The van der Waals surface area contributed by atoms with E-state index in [4.69, 9.17) is 17.3 Å². The van der Waals surface area contributed by atoms with E-state index < -0.39 is 23.2 Å². The lowest BCUT2D eigenvalue weighted by molar-refractivity contribution is -0.137. The summed E-state index contributed by atoms with van der Waals surface area (Å²) >= 11 is 5.88. The van der Waals surface area contributed by atoms with Gasteiger partial charge in [0.15, 0.2) is 0 Å². The van der Waals surface area contributed by atoms with Gasteiger partial charge in [-0.15, -0.1) is 0 Å². The monoisotopic (exact) mass is 281 g/mol. The van der Waals surface area contributed by atoms with Gasteiger partial charge >= 0.3 is 6.18 Å². The van der Waals surface area contributed by atoms with Gasteiger partial charge in [0.25, 0.3) is 0 Å². The number of halogens is 4. The molecule has 0 spiro atoms. The van der Waals surface area contributed by atoms with Crippen molar-refractivity contribution >= 4 is 11.6 Å². The van der Waals surface area contributed by atoms with Crippen LogP contribution in [0.4, 0.5) is 13.2 Å². The predicted molar refractivity (Wildman–Crippen MR) is 64.2 cm³/mol. The number of aliphatic hydroxyl groups is 1. The molecule has 0 aliphatic heterocycles. The van der Waals surface area contributed by atoms with Crippen molar-refractivity contribution < 1.29 is 18.3 Å². The fourth-order valence-corrected chi connectivity index (χ4v) is 1.71. The van der Waals surface area contributed by atoms with Crippen LogP contribution in [-0.2, 0) is 6.18 Å². The summed E-state index contributed by atoms with van der Waals surface area (Å²) in [6, 6.07) is 2.24. The highest BCUT2D eigenvalue weighted by molar-refractivity contribution is 6.31. The molecule has 0 heterocycles. The summed E-state index contributed by atoms with van der Waals surface area (Å²) in [6.07, 6.45) is -4.44. The van der Waals surface area contributed by atoms with Crippen molar-refractivity contribution in [2.75, 3.05) is 6.61 Å². The molecule has 0 unspecified atom stereocenters. The maximum atomic E-state index is 12.6. The van der Waals surface area contributed by atoms with Crippen LogP contribution in [0.3, 0.4) is 0 Å². The van der Waals surface area contributed by atoms with E-state index in [0.29, 0.717) is 0 Å². The van der Waals surface area contributed by atoms with Gasteiger partial charge in [0.05, 0.1) is 5.56 Å². The second kappa shape index (κ2) is 5.07. The maximum absolute atomic E-state index is 12.6. The zero-order valence-corrected chi connectivity index (χ0v) is 10.8. The molecule has 1 rings (SSSR count). The van der Waals surface area contributed by atoms with Gasteiger partial charge in [-0.3, -0.25) is 0 Å². The highest BCUT2D eigenvalue weighted by atomic mass is 35.5. The Labute approximate surface area is 109 Å². The van der Waals surface area contributed by atoms with Gasteiger partial charge in [-0.1, -0.05) is 25.4 Å². The zero-order chi connectivity index (χ0) is 14.1. The molecule has 3 N–H and O–H groups in total. The molecule has 0 radical (unpaired) electrons. The van der Waals surface area contributed by atoms with Crippen molar-refractivity contribution in [3.05, 3.63) is 34.3 Å². The van der Waals surface area contributed by atoms with Crippen molar-refractivity contribution in [2.45, 2.75) is 26.1 Å². The van der Waals surface area contributed by atoms with Crippen molar-refractivity contribution in [3.63, 3.8) is 0 Å². The molecule has 0 fully saturated rings. The molecular formula is C12H15ClF3NO. The Bertz CT molecular complexity index is 432. The smallest absolute Gasteiger partial charge is 0.396 e. The number of hydrogen-bond acceptors (Lipinski definition) is 2. The van der Waals surface area contributed by atoms with E-state index >= 15 is 0 Å². The van der Waals surface area contributed by atoms with E-state index in [1.807, 2.05) is 0 Å². The van der Waals surface area contributed by atoms with E-state index in [1.54, 1.807) is 13.8 Å². The number of hydrogen-bond donors (Lipinski definition) is 2. The summed E-state index contributed by atoms with van der Waals surface area (Å²) in [5.74, 6) is 0. The first-order valence-corrected chi connectivity index (χ1v) is 5.70. The third kappa shape index (κ3) is 3.16. The molecule has 0 aliphatic rings. The van der Waals surface area contributed by atoms with Crippen LogP contribution in [0.25, 0.3) is 0 Å². The van der Waals surface area contributed by atoms with E-state index in [2.05, 4.69) is 0 Å². The Kier molecular flexibility index (Phi) is 4.30. The Morgan fingerprint density at radius 3 is 2.33 bits per heavy atom. The average Bonchev–Trinajstić information content (AvgIpc) is 2.27. The largest absolute Gasteiger partial charge is 0.416 e. The minimum atomic E-state index is -4.44. The first kappa shape index (κ1) is 15.3. The molecule has 1 aromatic carbocycles. The first-order chi connectivity index (χ1) is 8.09. The summed E-state index contributed by atoms with van der Waals surface area (Å²) in [6.45, 7) is 3.07. The number of aliphatic hydroxyl groups excluding tert-OH is 1. The molecule has 102 valence electrons. The van der Waals surface area contributed by atoms with E-state index in [-0.39, 0.29) is 17.2 Å². The Hall–Kier alpha value is -0.780. The van der Waals surface area contributed by atoms with Crippen LogP contribution in [0.1, 0.15) is 31.0 Å². The molecule has 0 bridgehead atoms. The van der Waals surface area contributed by atoms with Crippen LogP contribution in [0.15, 0.2) is 18.2 Å². The lowest BCUT2D eigenvalue weighted by Crippen LogP contribution is -2.32. The molecular weight excluding hydrogens is 267 g/mol. The summed E-state index contributed by atoms with van der Waals surface area (Å²) in [4.78, 5) is 0. The summed E-state index contributed by atoms with van der Waals surface area (Å²) in [5.41, 5.74) is 4.51. The number of nitrogens with two attached hydrogens (primary N) is 1. The molecule has 6 heteroatoms. The second-order valence-corrected chi connectivity index (χ2v) is 5.27. The average molecular weight is 282 g/mol. The lowest BCUT2D eigenvalue weighted by Gasteiger charge is -2.30. The normalized spacial score (nSPS) is 14.7.